The Labute approximate surface area is 88.2 Å². The van der Waals surface area contributed by atoms with Crippen molar-refractivity contribution in [3.8, 4) is 0 Å². The van der Waals surface area contributed by atoms with Crippen LogP contribution in [0.3, 0.4) is 0 Å². The largest absolute Gasteiger partial charge is 0.347 e. The summed E-state index contributed by atoms with van der Waals surface area (Å²) in [5.41, 5.74) is 1.36. The molecule has 0 aliphatic carbocycles. The topological polar surface area (TPSA) is 48.4 Å². The average molecular weight is 207 g/mol. The van der Waals surface area contributed by atoms with Gasteiger partial charge in [-0.2, -0.15) is 0 Å². The Hall–Kier alpha value is -1.26. The number of ether oxygens (including phenoxy) is 2. The summed E-state index contributed by atoms with van der Waals surface area (Å²) in [7, 11) is 0. The van der Waals surface area contributed by atoms with Gasteiger partial charge in [0.05, 0.1) is 6.61 Å². The third-order valence-corrected chi connectivity index (χ3v) is 2.31. The quantitative estimate of drug-likeness (QED) is 0.693. The number of aldehydes is 1. The van der Waals surface area contributed by atoms with Gasteiger partial charge in [-0.3, -0.25) is 9.78 Å². The van der Waals surface area contributed by atoms with Crippen LogP contribution in [0.25, 0.3) is 0 Å². The van der Waals surface area contributed by atoms with Crippen LogP contribution in [-0.4, -0.2) is 23.7 Å². The fraction of sp³-hybridized carbons (Fsp3) is 0.455. The maximum absolute atomic E-state index is 10.4. The molecular weight excluding hydrogens is 194 g/mol. The molecule has 1 atom stereocenters. The van der Waals surface area contributed by atoms with Crippen LogP contribution in [0, 0.1) is 0 Å². The molecule has 0 radical (unpaired) electrons. The molecule has 1 aromatic rings. The number of aromatic nitrogens is 1. The van der Waals surface area contributed by atoms with Gasteiger partial charge in [-0.05, 0) is 19.9 Å². The second-order valence-corrected chi connectivity index (χ2v) is 3.95. The van der Waals surface area contributed by atoms with Crippen LogP contribution in [0.2, 0.25) is 0 Å². The molecule has 15 heavy (non-hydrogen) atoms. The number of pyridine rings is 1. The van der Waals surface area contributed by atoms with Crippen LogP contribution in [0.15, 0.2) is 18.3 Å². The first-order chi connectivity index (χ1) is 7.11. The van der Waals surface area contributed by atoms with Gasteiger partial charge in [-0.15, -0.1) is 0 Å². The molecule has 2 heterocycles. The highest BCUT2D eigenvalue weighted by Gasteiger charge is 2.33. The highest BCUT2D eigenvalue weighted by molar-refractivity contribution is 5.71. The Kier molecular flexibility index (Phi) is 2.54. The Morgan fingerprint density at radius 2 is 2.33 bits per heavy atom. The monoisotopic (exact) mass is 207 g/mol. The Morgan fingerprint density at radius 3 is 2.80 bits per heavy atom. The number of nitrogens with zero attached hydrogens (tertiary/aromatic N) is 1. The van der Waals surface area contributed by atoms with E-state index in [0.717, 1.165) is 11.8 Å². The van der Waals surface area contributed by atoms with Gasteiger partial charge in [0, 0.05) is 11.8 Å². The minimum Gasteiger partial charge on any atom is -0.347 e. The summed E-state index contributed by atoms with van der Waals surface area (Å²) in [6, 6.07) is 3.52. The van der Waals surface area contributed by atoms with E-state index in [-0.39, 0.29) is 6.10 Å². The van der Waals surface area contributed by atoms with Gasteiger partial charge < -0.3 is 9.47 Å². The van der Waals surface area contributed by atoms with Crippen molar-refractivity contribution in [2.75, 3.05) is 6.61 Å². The van der Waals surface area contributed by atoms with Crippen LogP contribution in [0.4, 0.5) is 0 Å². The van der Waals surface area contributed by atoms with Gasteiger partial charge >= 0.3 is 0 Å². The van der Waals surface area contributed by atoms with E-state index >= 15 is 0 Å². The fourth-order valence-corrected chi connectivity index (χ4v) is 1.53. The van der Waals surface area contributed by atoms with E-state index in [2.05, 4.69) is 4.98 Å². The molecule has 0 aromatic carbocycles. The van der Waals surface area contributed by atoms with Gasteiger partial charge in [0.15, 0.2) is 12.1 Å². The van der Waals surface area contributed by atoms with Gasteiger partial charge in [-0.1, -0.05) is 6.07 Å². The molecule has 0 unspecified atom stereocenters. The molecule has 0 bridgehead atoms. The normalized spacial score (nSPS) is 24.0. The van der Waals surface area contributed by atoms with E-state index in [1.54, 1.807) is 12.3 Å². The fourth-order valence-electron chi connectivity index (χ4n) is 1.53. The van der Waals surface area contributed by atoms with E-state index < -0.39 is 5.79 Å². The van der Waals surface area contributed by atoms with Crippen LogP contribution in [0.1, 0.15) is 36.0 Å². The summed E-state index contributed by atoms with van der Waals surface area (Å²) >= 11 is 0. The van der Waals surface area contributed by atoms with Crippen molar-refractivity contribution in [1.82, 2.24) is 4.98 Å². The van der Waals surface area contributed by atoms with E-state index in [9.17, 15) is 4.79 Å². The second-order valence-electron chi connectivity index (χ2n) is 3.95. The number of hydrogen-bond acceptors (Lipinski definition) is 4. The van der Waals surface area contributed by atoms with Crippen LogP contribution < -0.4 is 0 Å². The molecule has 0 spiro atoms. The minimum absolute atomic E-state index is 0.0896. The van der Waals surface area contributed by atoms with Gasteiger partial charge in [0.2, 0.25) is 0 Å². The Morgan fingerprint density at radius 1 is 1.53 bits per heavy atom. The molecule has 2 rings (SSSR count). The predicted octanol–water partition coefficient (Wildman–Crippen LogP) is 1.72. The molecule has 1 aliphatic rings. The van der Waals surface area contributed by atoms with Crippen LogP contribution >= 0.6 is 0 Å². The highest BCUT2D eigenvalue weighted by Crippen LogP contribution is 2.32. The molecule has 0 amide bonds. The summed E-state index contributed by atoms with van der Waals surface area (Å²) in [6.07, 6.45) is 2.28. The third-order valence-electron chi connectivity index (χ3n) is 2.31. The van der Waals surface area contributed by atoms with Gasteiger partial charge in [0.1, 0.15) is 11.8 Å². The zero-order chi connectivity index (χ0) is 10.9. The summed E-state index contributed by atoms with van der Waals surface area (Å²) in [4.78, 5) is 14.4. The van der Waals surface area contributed by atoms with Crippen molar-refractivity contribution in [1.29, 1.82) is 0 Å². The van der Waals surface area contributed by atoms with Crippen molar-refractivity contribution in [2.45, 2.75) is 25.7 Å². The third kappa shape index (κ3) is 2.22. The van der Waals surface area contributed by atoms with Crippen LogP contribution in [0.5, 0.6) is 0 Å². The minimum atomic E-state index is -0.534. The van der Waals surface area contributed by atoms with Crippen molar-refractivity contribution in [3.63, 3.8) is 0 Å². The average Bonchev–Trinajstić information content (AvgIpc) is 2.59. The van der Waals surface area contributed by atoms with Crippen LogP contribution in [-0.2, 0) is 9.47 Å². The molecule has 4 heteroatoms. The smallest absolute Gasteiger partial charge is 0.168 e. The molecule has 0 N–H and O–H groups in total. The van der Waals surface area contributed by atoms with E-state index in [1.165, 1.54) is 0 Å². The first-order valence-electron chi connectivity index (χ1n) is 4.84. The standard InChI is InChI=1S/C11H13NO3/c1-11(2)14-7-10(15-11)8-3-4-9(6-13)12-5-8/h3-6,10H,7H2,1-2H3/t10-/m0/s1. The molecule has 1 saturated heterocycles. The first kappa shape index (κ1) is 10.3. The number of rotatable bonds is 2. The van der Waals surface area contributed by atoms with Crippen molar-refractivity contribution >= 4 is 6.29 Å². The summed E-state index contributed by atoms with van der Waals surface area (Å²) in [5, 5.41) is 0. The number of carbonyl (C=O) groups is 1. The summed E-state index contributed by atoms with van der Waals surface area (Å²) in [5.74, 6) is -0.534. The SMILES string of the molecule is CC1(C)OC[C@@H](c2ccc(C=O)nc2)O1. The summed E-state index contributed by atoms with van der Waals surface area (Å²) < 4.78 is 11.1. The lowest BCUT2D eigenvalue weighted by Gasteiger charge is -2.16. The lowest BCUT2D eigenvalue weighted by atomic mass is 10.1. The van der Waals surface area contributed by atoms with Crippen molar-refractivity contribution < 1.29 is 14.3 Å². The number of hydrogen-bond donors (Lipinski definition) is 0. The maximum Gasteiger partial charge on any atom is 0.168 e. The highest BCUT2D eigenvalue weighted by atomic mass is 16.7. The van der Waals surface area contributed by atoms with Crippen molar-refractivity contribution in [3.05, 3.63) is 29.6 Å². The molecule has 4 nitrogen and oxygen atoms in total. The number of carbonyl (C=O) groups excluding carboxylic acids is 1. The molecule has 1 fully saturated rings. The van der Waals surface area contributed by atoms with E-state index in [1.807, 2.05) is 19.9 Å². The zero-order valence-electron chi connectivity index (χ0n) is 8.77. The molecule has 80 valence electrons. The first-order valence-corrected chi connectivity index (χ1v) is 4.84. The van der Waals surface area contributed by atoms with E-state index in [0.29, 0.717) is 12.3 Å². The lowest BCUT2D eigenvalue weighted by molar-refractivity contribution is -0.139. The Balaban J connectivity index is 2.14. The zero-order valence-corrected chi connectivity index (χ0v) is 8.77. The molecule has 1 aromatic heterocycles. The molecule has 1 aliphatic heterocycles. The van der Waals surface area contributed by atoms with E-state index in [4.69, 9.17) is 9.47 Å². The predicted molar refractivity (Wildman–Crippen MR) is 53.5 cm³/mol. The lowest BCUT2D eigenvalue weighted by Crippen LogP contribution is -2.19. The molecule has 0 saturated carbocycles. The van der Waals surface area contributed by atoms with Gasteiger partial charge in [-0.25, -0.2) is 0 Å². The Bertz CT molecular complexity index is 359. The molecular formula is C11H13NO3. The summed E-state index contributed by atoms with van der Waals surface area (Å²) in [6.45, 7) is 4.27. The second kappa shape index (κ2) is 3.72. The maximum atomic E-state index is 10.4. The van der Waals surface area contributed by atoms with Crippen molar-refractivity contribution in [2.24, 2.45) is 0 Å². The van der Waals surface area contributed by atoms with Gasteiger partial charge in [0.25, 0.3) is 0 Å².